The van der Waals surface area contributed by atoms with Crippen LogP contribution in [0.15, 0.2) is 28.9 Å². The third-order valence-corrected chi connectivity index (χ3v) is 3.58. The molecule has 0 unspecified atom stereocenters. The van der Waals surface area contributed by atoms with Crippen LogP contribution in [0.25, 0.3) is 11.4 Å². The Bertz CT molecular complexity index is 500. The van der Waals surface area contributed by atoms with Crippen molar-refractivity contribution in [1.29, 1.82) is 0 Å². The molecule has 0 saturated heterocycles. The van der Waals surface area contributed by atoms with Gasteiger partial charge in [-0.15, -0.1) is 0 Å². The van der Waals surface area contributed by atoms with E-state index >= 15 is 0 Å². The SMILES string of the molecule is Cc1ccc(-c2nc(CN)c(Br)n2C)cc1. The number of aryl methyl sites for hydroxylation is 1. The van der Waals surface area contributed by atoms with E-state index in [0.717, 1.165) is 21.7 Å². The molecule has 0 atom stereocenters. The lowest BCUT2D eigenvalue weighted by molar-refractivity contribution is 0.893. The van der Waals surface area contributed by atoms with Crippen molar-refractivity contribution in [1.82, 2.24) is 9.55 Å². The normalized spacial score (nSPS) is 10.8. The Morgan fingerprint density at radius 3 is 2.44 bits per heavy atom. The Morgan fingerprint density at radius 1 is 1.31 bits per heavy atom. The smallest absolute Gasteiger partial charge is 0.140 e. The summed E-state index contributed by atoms with van der Waals surface area (Å²) < 4.78 is 2.96. The number of hydrogen-bond donors (Lipinski definition) is 1. The molecule has 0 spiro atoms. The minimum absolute atomic E-state index is 0.445. The highest BCUT2D eigenvalue weighted by Crippen LogP contribution is 2.25. The van der Waals surface area contributed by atoms with Crippen LogP contribution in [0, 0.1) is 6.92 Å². The molecule has 1 aromatic heterocycles. The number of hydrogen-bond acceptors (Lipinski definition) is 2. The van der Waals surface area contributed by atoms with Crippen LogP contribution in [-0.4, -0.2) is 9.55 Å². The minimum atomic E-state index is 0.445. The summed E-state index contributed by atoms with van der Waals surface area (Å²) in [7, 11) is 1.98. The fourth-order valence-electron chi connectivity index (χ4n) is 1.63. The van der Waals surface area contributed by atoms with Crippen LogP contribution in [-0.2, 0) is 13.6 Å². The maximum Gasteiger partial charge on any atom is 0.140 e. The lowest BCUT2D eigenvalue weighted by Crippen LogP contribution is -1.97. The molecule has 0 amide bonds. The Kier molecular flexibility index (Phi) is 3.12. The van der Waals surface area contributed by atoms with Crippen molar-refractivity contribution in [2.45, 2.75) is 13.5 Å². The van der Waals surface area contributed by atoms with Gasteiger partial charge in [0.1, 0.15) is 10.4 Å². The second-order valence-electron chi connectivity index (χ2n) is 3.80. The summed E-state index contributed by atoms with van der Waals surface area (Å²) in [5.41, 5.74) is 8.87. The second-order valence-corrected chi connectivity index (χ2v) is 4.55. The molecule has 2 N–H and O–H groups in total. The van der Waals surface area contributed by atoms with Gasteiger partial charge in [0.2, 0.25) is 0 Å². The van der Waals surface area contributed by atoms with Gasteiger partial charge in [0, 0.05) is 19.2 Å². The molecule has 84 valence electrons. The maximum atomic E-state index is 5.63. The molecule has 0 aliphatic rings. The highest BCUT2D eigenvalue weighted by atomic mass is 79.9. The van der Waals surface area contributed by atoms with Crippen LogP contribution in [0.5, 0.6) is 0 Å². The van der Waals surface area contributed by atoms with Crippen LogP contribution in [0.4, 0.5) is 0 Å². The molecule has 0 bridgehead atoms. The average Bonchev–Trinajstić information content (AvgIpc) is 2.57. The Hall–Kier alpha value is -1.13. The van der Waals surface area contributed by atoms with Gasteiger partial charge in [0.25, 0.3) is 0 Å². The first-order valence-corrected chi connectivity index (χ1v) is 5.91. The summed E-state index contributed by atoms with van der Waals surface area (Å²) in [6, 6.07) is 8.31. The van der Waals surface area contributed by atoms with Gasteiger partial charge in [-0.1, -0.05) is 29.8 Å². The maximum absolute atomic E-state index is 5.63. The van der Waals surface area contributed by atoms with Gasteiger partial charge in [-0.3, -0.25) is 0 Å². The van der Waals surface area contributed by atoms with E-state index in [-0.39, 0.29) is 0 Å². The minimum Gasteiger partial charge on any atom is -0.325 e. The first-order valence-electron chi connectivity index (χ1n) is 5.11. The number of nitrogens with two attached hydrogens (primary N) is 1. The molecule has 2 rings (SSSR count). The van der Waals surface area contributed by atoms with Crippen molar-refractivity contribution < 1.29 is 0 Å². The van der Waals surface area contributed by atoms with Crippen molar-refractivity contribution in [2.75, 3.05) is 0 Å². The summed E-state index contributed by atoms with van der Waals surface area (Å²) in [5, 5.41) is 0. The summed E-state index contributed by atoms with van der Waals surface area (Å²) in [5.74, 6) is 0.937. The summed E-state index contributed by atoms with van der Waals surface area (Å²) in [4.78, 5) is 4.52. The topological polar surface area (TPSA) is 43.8 Å². The third-order valence-electron chi connectivity index (χ3n) is 2.59. The zero-order valence-corrected chi connectivity index (χ0v) is 11.0. The monoisotopic (exact) mass is 279 g/mol. The van der Waals surface area contributed by atoms with E-state index < -0.39 is 0 Å². The molecular formula is C12H14BrN3. The molecule has 0 saturated carbocycles. The van der Waals surface area contributed by atoms with Crippen molar-refractivity contribution in [3.05, 3.63) is 40.1 Å². The standard InChI is InChI=1S/C12H14BrN3/c1-8-3-5-9(6-4-8)12-15-10(7-14)11(13)16(12)2/h3-6H,7,14H2,1-2H3. The van der Waals surface area contributed by atoms with Crippen LogP contribution in [0.1, 0.15) is 11.3 Å². The van der Waals surface area contributed by atoms with Gasteiger partial charge in [-0.25, -0.2) is 4.98 Å². The number of nitrogens with zero attached hydrogens (tertiary/aromatic N) is 2. The van der Waals surface area contributed by atoms with Gasteiger partial charge < -0.3 is 10.3 Å². The molecule has 16 heavy (non-hydrogen) atoms. The highest BCUT2D eigenvalue weighted by Gasteiger charge is 2.12. The molecule has 0 radical (unpaired) electrons. The van der Waals surface area contributed by atoms with Gasteiger partial charge in [-0.05, 0) is 22.9 Å². The number of halogens is 1. The quantitative estimate of drug-likeness (QED) is 0.919. The number of aromatic nitrogens is 2. The van der Waals surface area contributed by atoms with Gasteiger partial charge in [0.15, 0.2) is 0 Å². The van der Waals surface area contributed by atoms with Crippen molar-refractivity contribution in [2.24, 2.45) is 12.8 Å². The van der Waals surface area contributed by atoms with E-state index in [0.29, 0.717) is 6.54 Å². The molecule has 4 heteroatoms. The van der Waals surface area contributed by atoms with Crippen LogP contribution in [0.3, 0.4) is 0 Å². The first-order chi connectivity index (χ1) is 7.63. The van der Waals surface area contributed by atoms with E-state index in [4.69, 9.17) is 5.73 Å². The molecular weight excluding hydrogens is 266 g/mol. The van der Waals surface area contributed by atoms with Crippen LogP contribution >= 0.6 is 15.9 Å². The van der Waals surface area contributed by atoms with E-state index in [1.165, 1.54) is 5.56 Å². The number of benzene rings is 1. The predicted octanol–water partition coefficient (Wildman–Crippen LogP) is 2.62. The van der Waals surface area contributed by atoms with Gasteiger partial charge >= 0.3 is 0 Å². The predicted molar refractivity (Wildman–Crippen MR) is 69.0 cm³/mol. The number of rotatable bonds is 2. The molecule has 0 aliphatic carbocycles. The summed E-state index contributed by atoms with van der Waals surface area (Å²) in [6.45, 7) is 2.52. The summed E-state index contributed by atoms with van der Waals surface area (Å²) in [6.07, 6.45) is 0. The lowest BCUT2D eigenvalue weighted by atomic mass is 10.1. The zero-order valence-electron chi connectivity index (χ0n) is 9.37. The zero-order chi connectivity index (χ0) is 11.7. The van der Waals surface area contributed by atoms with E-state index in [1.54, 1.807) is 0 Å². The number of imidazole rings is 1. The first kappa shape index (κ1) is 11.4. The van der Waals surface area contributed by atoms with Crippen molar-refractivity contribution >= 4 is 15.9 Å². The largest absolute Gasteiger partial charge is 0.325 e. The lowest BCUT2D eigenvalue weighted by Gasteiger charge is -2.02. The second kappa shape index (κ2) is 4.39. The van der Waals surface area contributed by atoms with Gasteiger partial charge in [-0.2, -0.15) is 0 Å². The Labute approximate surface area is 103 Å². The summed E-state index contributed by atoms with van der Waals surface area (Å²) >= 11 is 3.49. The molecule has 3 nitrogen and oxygen atoms in total. The average molecular weight is 280 g/mol. The molecule has 2 aromatic rings. The van der Waals surface area contributed by atoms with Gasteiger partial charge in [0.05, 0.1) is 5.69 Å². The van der Waals surface area contributed by atoms with Crippen LogP contribution < -0.4 is 5.73 Å². The third kappa shape index (κ3) is 1.90. The van der Waals surface area contributed by atoms with Crippen LogP contribution in [0.2, 0.25) is 0 Å². The highest BCUT2D eigenvalue weighted by molar-refractivity contribution is 9.10. The van der Waals surface area contributed by atoms with E-state index in [9.17, 15) is 0 Å². The van der Waals surface area contributed by atoms with E-state index in [2.05, 4.69) is 52.1 Å². The van der Waals surface area contributed by atoms with Crippen molar-refractivity contribution in [3.8, 4) is 11.4 Å². The fourth-order valence-corrected chi connectivity index (χ4v) is 2.04. The Morgan fingerprint density at radius 2 is 1.94 bits per heavy atom. The fraction of sp³-hybridized carbons (Fsp3) is 0.250. The van der Waals surface area contributed by atoms with E-state index in [1.807, 2.05) is 11.6 Å². The Balaban J connectivity index is 2.52. The van der Waals surface area contributed by atoms with Crippen molar-refractivity contribution in [3.63, 3.8) is 0 Å². The molecule has 0 aliphatic heterocycles. The molecule has 1 heterocycles. The molecule has 0 fully saturated rings. The molecule has 1 aromatic carbocycles.